The fourth-order valence-corrected chi connectivity index (χ4v) is 3.72. The average molecular weight is 376 g/mol. The lowest BCUT2D eigenvalue weighted by molar-refractivity contribution is 0.0953. The Morgan fingerprint density at radius 3 is 2.81 bits per heavy atom. The Labute approximate surface area is 149 Å². The molecule has 0 bridgehead atoms. The van der Waals surface area contributed by atoms with Crippen molar-refractivity contribution in [3.05, 3.63) is 57.4 Å². The minimum Gasteiger partial charge on any atom is -0.453 e. The molecule has 0 aliphatic heterocycles. The summed E-state index contributed by atoms with van der Waals surface area (Å²) >= 11 is 0.911. The fraction of sp³-hybridized carbons (Fsp3) is 0.222. The predicted molar refractivity (Wildman–Crippen MR) is 90.3 cm³/mol. The zero-order valence-electron chi connectivity index (χ0n) is 13.2. The predicted octanol–water partition coefficient (Wildman–Crippen LogP) is 4.52. The van der Waals surface area contributed by atoms with Gasteiger partial charge in [-0.1, -0.05) is 17.4 Å². The van der Waals surface area contributed by atoms with E-state index in [0.717, 1.165) is 11.3 Å². The molecular formula is C18H11F3N2O2S. The number of halogens is 3. The van der Waals surface area contributed by atoms with Crippen LogP contribution in [0.2, 0.25) is 0 Å². The molecule has 4 rings (SSSR count). The Bertz CT molecular complexity index is 1110. The molecule has 1 aliphatic carbocycles. The van der Waals surface area contributed by atoms with E-state index in [1.54, 1.807) is 6.07 Å². The first-order chi connectivity index (χ1) is 12.4. The number of para-hydroxylation sites is 1. The van der Waals surface area contributed by atoms with Gasteiger partial charge in [0.2, 0.25) is 0 Å². The second kappa shape index (κ2) is 5.88. The maximum Gasteiger partial charge on any atom is 0.308 e. The van der Waals surface area contributed by atoms with Gasteiger partial charge in [-0.25, -0.2) is 13.2 Å². The molecule has 0 spiro atoms. The van der Waals surface area contributed by atoms with Gasteiger partial charge in [-0.15, -0.1) is 0 Å². The van der Waals surface area contributed by atoms with Crippen LogP contribution in [0.15, 0.2) is 41.2 Å². The number of benzene rings is 2. The Balaban J connectivity index is 1.68. The minimum absolute atomic E-state index is 0.0298. The van der Waals surface area contributed by atoms with Gasteiger partial charge in [-0.05, 0) is 24.3 Å². The van der Waals surface area contributed by atoms with Gasteiger partial charge in [0.15, 0.2) is 11.6 Å². The summed E-state index contributed by atoms with van der Waals surface area (Å²) in [5.74, 6) is -4.13. The van der Waals surface area contributed by atoms with Crippen molar-refractivity contribution in [3.8, 4) is 17.6 Å². The number of fused-ring (bicyclic) bond motifs is 1. The van der Waals surface area contributed by atoms with Crippen LogP contribution in [0.3, 0.4) is 0 Å². The second-order valence-corrected chi connectivity index (χ2v) is 7.09. The molecule has 0 saturated heterocycles. The van der Waals surface area contributed by atoms with Gasteiger partial charge >= 0.3 is 4.87 Å². The highest BCUT2D eigenvalue weighted by Crippen LogP contribution is 2.49. The molecule has 1 heterocycles. The van der Waals surface area contributed by atoms with E-state index in [9.17, 15) is 18.0 Å². The van der Waals surface area contributed by atoms with E-state index in [-0.39, 0.29) is 34.9 Å². The number of thiazole rings is 1. The first-order valence-electron chi connectivity index (χ1n) is 7.77. The summed E-state index contributed by atoms with van der Waals surface area (Å²) in [7, 11) is 0. The molecular weight excluding hydrogens is 365 g/mol. The molecule has 0 radical (unpaired) electrons. The average Bonchev–Trinajstić information content (AvgIpc) is 3.08. The van der Waals surface area contributed by atoms with Gasteiger partial charge in [0.1, 0.15) is 11.8 Å². The molecule has 1 aliphatic rings. The molecule has 1 saturated carbocycles. The first kappa shape index (κ1) is 16.7. The molecule has 1 aromatic heterocycles. The monoisotopic (exact) mass is 376 g/mol. The van der Waals surface area contributed by atoms with E-state index >= 15 is 0 Å². The van der Waals surface area contributed by atoms with Crippen molar-refractivity contribution in [1.29, 1.82) is 5.26 Å². The molecule has 4 nitrogen and oxygen atoms in total. The lowest BCUT2D eigenvalue weighted by Crippen LogP contribution is -2.15. The number of nitrogens with zero attached hydrogens (tertiary/aromatic N) is 2. The molecule has 26 heavy (non-hydrogen) atoms. The van der Waals surface area contributed by atoms with Crippen molar-refractivity contribution >= 4 is 21.6 Å². The van der Waals surface area contributed by atoms with Crippen LogP contribution in [0.1, 0.15) is 12.0 Å². The van der Waals surface area contributed by atoms with Crippen molar-refractivity contribution in [2.45, 2.75) is 18.9 Å². The Hall–Kier alpha value is -2.79. The third-order valence-electron chi connectivity index (χ3n) is 4.31. The van der Waals surface area contributed by atoms with Gasteiger partial charge in [0.05, 0.1) is 15.8 Å². The van der Waals surface area contributed by atoms with Crippen molar-refractivity contribution < 1.29 is 17.9 Å². The van der Waals surface area contributed by atoms with E-state index < -0.39 is 17.7 Å². The van der Waals surface area contributed by atoms with Crippen LogP contribution in [0.4, 0.5) is 13.2 Å². The maximum absolute atomic E-state index is 13.9. The van der Waals surface area contributed by atoms with Crippen molar-refractivity contribution in [2.75, 3.05) is 0 Å². The van der Waals surface area contributed by atoms with E-state index in [2.05, 4.69) is 0 Å². The summed E-state index contributed by atoms with van der Waals surface area (Å²) in [6.45, 7) is -0.0298. The Kier molecular flexibility index (Phi) is 3.77. The van der Waals surface area contributed by atoms with Crippen molar-refractivity contribution in [1.82, 2.24) is 4.57 Å². The topological polar surface area (TPSA) is 55.0 Å². The number of hydrogen-bond acceptors (Lipinski definition) is 4. The van der Waals surface area contributed by atoms with Crippen LogP contribution in [0.25, 0.3) is 10.2 Å². The van der Waals surface area contributed by atoms with Crippen LogP contribution in [0, 0.1) is 23.1 Å². The van der Waals surface area contributed by atoms with E-state index in [1.165, 1.54) is 34.9 Å². The van der Waals surface area contributed by atoms with E-state index in [0.29, 0.717) is 10.2 Å². The molecule has 132 valence electrons. The summed E-state index contributed by atoms with van der Waals surface area (Å²) < 4.78 is 47.6. The molecule has 0 N–H and O–H groups in total. The second-order valence-electron chi connectivity index (χ2n) is 6.10. The van der Waals surface area contributed by atoms with Gasteiger partial charge in [-0.2, -0.15) is 5.26 Å². The molecule has 0 amide bonds. The molecule has 3 aromatic rings. The molecule has 1 atom stereocenters. The van der Waals surface area contributed by atoms with Gasteiger partial charge in [0.25, 0.3) is 5.92 Å². The van der Waals surface area contributed by atoms with E-state index in [4.69, 9.17) is 10.00 Å². The van der Waals surface area contributed by atoms with Crippen molar-refractivity contribution in [2.24, 2.45) is 5.92 Å². The third kappa shape index (κ3) is 2.84. The van der Waals surface area contributed by atoms with Crippen LogP contribution in [-0.2, 0) is 6.54 Å². The highest BCUT2D eigenvalue weighted by molar-refractivity contribution is 7.16. The number of aromatic nitrogens is 1. The van der Waals surface area contributed by atoms with Crippen LogP contribution in [-0.4, -0.2) is 10.5 Å². The number of ether oxygens (including phenoxy) is 1. The summed E-state index contributed by atoms with van der Waals surface area (Å²) in [5, 5.41) is 9.06. The lowest BCUT2D eigenvalue weighted by atomic mass is 10.2. The number of hydrogen-bond donors (Lipinski definition) is 0. The zero-order valence-corrected chi connectivity index (χ0v) is 14.0. The lowest BCUT2D eigenvalue weighted by Gasteiger charge is -2.09. The minimum atomic E-state index is -2.70. The number of rotatable bonds is 4. The standard InChI is InChI=1S/C18H11F3N2O2S/c19-13-3-1-2-10(8-22)16(13)25-12-4-5-14-15(6-12)26-17(24)23(14)9-11-7-18(11,20)21/h1-6,11H,7,9H2. The summed E-state index contributed by atoms with van der Waals surface area (Å²) in [6, 6.07) is 10.5. The first-order valence-corrected chi connectivity index (χ1v) is 8.58. The third-order valence-corrected chi connectivity index (χ3v) is 5.25. The van der Waals surface area contributed by atoms with Crippen LogP contribution in [0.5, 0.6) is 11.5 Å². The van der Waals surface area contributed by atoms with Gasteiger partial charge < -0.3 is 4.74 Å². The molecule has 8 heteroatoms. The quantitative estimate of drug-likeness (QED) is 0.673. The largest absolute Gasteiger partial charge is 0.453 e. The van der Waals surface area contributed by atoms with Gasteiger partial charge in [-0.3, -0.25) is 9.36 Å². The maximum atomic E-state index is 13.9. The van der Waals surface area contributed by atoms with E-state index in [1.807, 2.05) is 6.07 Å². The van der Waals surface area contributed by atoms with Gasteiger partial charge in [0, 0.05) is 24.9 Å². The Morgan fingerprint density at radius 1 is 1.35 bits per heavy atom. The summed E-state index contributed by atoms with van der Waals surface area (Å²) in [4.78, 5) is 11.8. The molecule has 2 aromatic carbocycles. The molecule has 1 fully saturated rings. The SMILES string of the molecule is N#Cc1cccc(F)c1Oc1ccc2c(c1)sc(=O)n2CC1CC1(F)F. The number of alkyl halides is 2. The Morgan fingerprint density at radius 2 is 2.12 bits per heavy atom. The van der Waals surface area contributed by atoms with Crippen molar-refractivity contribution in [3.63, 3.8) is 0 Å². The summed E-state index contributed by atoms with van der Waals surface area (Å²) in [6.07, 6.45) is -0.206. The number of nitriles is 1. The van der Waals surface area contributed by atoms with Crippen LogP contribution < -0.4 is 9.61 Å². The highest BCUT2D eigenvalue weighted by atomic mass is 32.1. The smallest absolute Gasteiger partial charge is 0.308 e. The summed E-state index contributed by atoms with van der Waals surface area (Å²) in [5.41, 5.74) is 0.580. The molecule has 1 unspecified atom stereocenters. The van der Waals surface area contributed by atoms with Crippen LogP contribution >= 0.6 is 11.3 Å². The zero-order chi connectivity index (χ0) is 18.5. The normalized spacial score (nSPS) is 17.8. The highest BCUT2D eigenvalue weighted by Gasteiger charge is 2.56. The fourth-order valence-electron chi connectivity index (χ4n) is 2.79.